The van der Waals surface area contributed by atoms with Gasteiger partial charge in [0.05, 0.1) is 12.8 Å². The van der Waals surface area contributed by atoms with E-state index in [1.165, 1.54) is 6.26 Å². The molecule has 144 valence electrons. The lowest BCUT2D eigenvalue weighted by Crippen LogP contribution is -2.33. The smallest absolute Gasteiger partial charge is 0.287 e. The van der Waals surface area contributed by atoms with Crippen molar-refractivity contribution in [2.45, 2.75) is 24.5 Å². The average molecular weight is 394 g/mol. The lowest BCUT2D eigenvalue weighted by Gasteiger charge is -2.11. The Morgan fingerprint density at radius 1 is 0.964 bits per heavy atom. The summed E-state index contributed by atoms with van der Waals surface area (Å²) in [6, 6.07) is 17.5. The highest BCUT2D eigenvalue weighted by Gasteiger charge is 2.17. The molecule has 0 atom stereocenters. The Bertz CT molecular complexity index is 947. The first-order valence-electron chi connectivity index (χ1n) is 8.93. The molecule has 2 N–H and O–H groups in total. The second-order valence-electron chi connectivity index (χ2n) is 6.37. The summed E-state index contributed by atoms with van der Waals surface area (Å²) < 4.78 is 5.35. The average Bonchev–Trinajstić information content (AvgIpc) is 3.17. The van der Waals surface area contributed by atoms with Crippen molar-refractivity contribution in [3.8, 4) is 0 Å². The molecule has 5 nitrogen and oxygen atoms in total. The van der Waals surface area contributed by atoms with Gasteiger partial charge in [-0.2, -0.15) is 0 Å². The minimum Gasteiger partial charge on any atom is -0.459 e. The minimum absolute atomic E-state index is 0.126. The number of hydrogen-bond donors (Lipinski definition) is 2. The number of aryl methyl sites for hydroxylation is 2. The van der Waals surface area contributed by atoms with Gasteiger partial charge in [-0.1, -0.05) is 36.4 Å². The summed E-state index contributed by atoms with van der Waals surface area (Å²) >= 11 is 1.62. The van der Waals surface area contributed by atoms with E-state index in [1.807, 2.05) is 62.4 Å². The van der Waals surface area contributed by atoms with Crippen molar-refractivity contribution in [1.82, 2.24) is 5.32 Å². The molecule has 0 spiro atoms. The van der Waals surface area contributed by atoms with Gasteiger partial charge in [0.1, 0.15) is 0 Å². The summed E-state index contributed by atoms with van der Waals surface area (Å²) in [5.41, 5.74) is 3.53. The fraction of sp³-hybridized carbons (Fsp3) is 0.182. The van der Waals surface area contributed by atoms with Crippen LogP contribution in [0.25, 0.3) is 0 Å². The molecule has 28 heavy (non-hydrogen) atoms. The highest BCUT2D eigenvalue weighted by atomic mass is 32.2. The van der Waals surface area contributed by atoms with Gasteiger partial charge < -0.3 is 15.1 Å². The maximum atomic E-state index is 12.4. The Balaban J connectivity index is 1.55. The molecule has 0 fully saturated rings. The Morgan fingerprint density at radius 2 is 1.68 bits per heavy atom. The van der Waals surface area contributed by atoms with Crippen LogP contribution in [0.2, 0.25) is 0 Å². The Hall–Kier alpha value is -2.99. The molecule has 0 bridgehead atoms. The maximum Gasteiger partial charge on any atom is 0.287 e. The van der Waals surface area contributed by atoms with Crippen LogP contribution >= 0.6 is 11.8 Å². The molecule has 2 amide bonds. The van der Waals surface area contributed by atoms with Crippen molar-refractivity contribution < 1.29 is 14.0 Å². The number of furan rings is 1. The van der Waals surface area contributed by atoms with Crippen LogP contribution in [0.15, 0.2) is 70.2 Å². The number of rotatable bonds is 7. The third-order valence-electron chi connectivity index (χ3n) is 4.25. The van der Waals surface area contributed by atoms with Gasteiger partial charge in [-0.25, -0.2) is 0 Å². The highest BCUT2D eigenvalue weighted by Crippen LogP contribution is 2.25. The Kier molecular flexibility index (Phi) is 6.55. The van der Waals surface area contributed by atoms with Gasteiger partial charge in [-0.05, 0) is 43.2 Å². The van der Waals surface area contributed by atoms with Gasteiger partial charge in [0.15, 0.2) is 5.76 Å². The molecule has 1 heterocycles. The normalized spacial score (nSPS) is 10.5. The quantitative estimate of drug-likeness (QED) is 0.577. The van der Waals surface area contributed by atoms with Crippen molar-refractivity contribution in [2.75, 3.05) is 11.9 Å². The molecule has 0 unspecified atom stereocenters. The molecular weight excluding hydrogens is 372 g/mol. The number of para-hydroxylation sites is 1. The number of carbonyl (C=O) groups is 2. The number of nitrogens with one attached hydrogen (secondary N) is 2. The number of benzene rings is 2. The van der Waals surface area contributed by atoms with Crippen LogP contribution in [0.3, 0.4) is 0 Å². The fourth-order valence-electron chi connectivity index (χ4n) is 2.76. The van der Waals surface area contributed by atoms with Crippen LogP contribution in [-0.2, 0) is 10.5 Å². The van der Waals surface area contributed by atoms with E-state index in [9.17, 15) is 9.59 Å². The molecule has 0 aliphatic rings. The van der Waals surface area contributed by atoms with Crippen molar-refractivity contribution in [1.29, 1.82) is 0 Å². The van der Waals surface area contributed by atoms with Crippen molar-refractivity contribution in [3.63, 3.8) is 0 Å². The van der Waals surface area contributed by atoms with Gasteiger partial charge in [-0.15, -0.1) is 11.8 Å². The molecule has 0 aliphatic heterocycles. The highest BCUT2D eigenvalue weighted by molar-refractivity contribution is 7.98. The van der Waals surface area contributed by atoms with E-state index >= 15 is 0 Å². The number of thioether (sulfide) groups is 1. The van der Waals surface area contributed by atoms with E-state index in [-0.39, 0.29) is 18.2 Å². The molecule has 3 rings (SSSR count). The summed E-state index contributed by atoms with van der Waals surface area (Å²) in [5.74, 6) is 0.170. The van der Waals surface area contributed by atoms with Crippen molar-refractivity contribution >= 4 is 29.3 Å². The van der Waals surface area contributed by atoms with E-state index in [0.717, 1.165) is 27.3 Å². The minimum atomic E-state index is -0.398. The standard InChI is InChI=1S/C22H22N2O3S/c1-15-7-6-8-16(2)20(15)24-19(25)13-23-22(26)21-17(11-12-27-21)14-28-18-9-4-3-5-10-18/h3-12H,13-14H2,1-2H3,(H,23,26)(H,24,25). The molecule has 6 heteroatoms. The lowest BCUT2D eigenvalue weighted by atomic mass is 10.1. The molecule has 3 aromatic rings. The van der Waals surface area contributed by atoms with E-state index in [2.05, 4.69) is 10.6 Å². The van der Waals surface area contributed by atoms with Gasteiger partial charge in [-0.3, -0.25) is 9.59 Å². The third kappa shape index (κ3) is 5.04. The molecule has 0 radical (unpaired) electrons. The monoisotopic (exact) mass is 394 g/mol. The molecule has 0 saturated carbocycles. The van der Waals surface area contributed by atoms with Gasteiger partial charge in [0.25, 0.3) is 5.91 Å². The summed E-state index contributed by atoms with van der Waals surface area (Å²) in [6.45, 7) is 3.74. The van der Waals surface area contributed by atoms with Crippen LogP contribution in [-0.4, -0.2) is 18.4 Å². The van der Waals surface area contributed by atoms with Gasteiger partial charge in [0, 0.05) is 21.9 Å². The molecule has 2 aromatic carbocycles. The maximum absolute atomic E-state index is 12.4. The largest absolute Gasteiger partial charge is 0.459 e. The van der Waals surface area contributed by atoms with Crippen molar-refractivity contribution in [2.24, 2.45) is 0 Å². The second-order valence-corrected chi connectivity index (χ2v) is 7.42. The van der Waals surface area contributed by atoms with Crippen LogP contribution in [0.5, 0.6) is 0 Å². The summed E-state index contributed by atoms with van der Waals surface area (Å²) in [6.07, 6.45) is 1.49. The van der Waals surface area contributed by atoms with Crippen LogP contribution in [0, 0.1) is 13.8 Å². The summed E-state index contributed by atoms with van der Waals surface area (Å²) in [7, 11) is 0. The van der Waals surface area contributed by atoms with E-state index < -0.39 is 5.91 Å². The number of hydrogen-bond acceptors (Lipinski definition) is 4. The molecule has 0 saturated heterocycles. The van der Waals surface area contributed by atoms with E-state index in [0.29, 0.717) is 5.75 Å². The molecule has 1 aromatic heterocycles. The molecular formula is C22H22N2O3S. The fourth-order valence-corrected chi connectivity index (χ4v) is 3.66. The van der Waals surface area contributed by atoms with Crippen LogP contribution < -0.4 is 10.6 Å². The predicted octanol–water partition coefficient (Wildman–Crippen LogP) is 4.56. The molecule has 0 aliphatic carbocycles. The first kappa shape index (κ1) is 19.8. The van der Waals surface area contributed by atoms with E-state index in [1.54, 1.807) is 17.8 Å². The summed E-state index contributed by atoms with van der Waals surface area (Å²) in [4.78, 5) is 25.8. The van der Waals surface area contributed by atoms with Gasteiger partial charge >= 0.3 is 0 Å². The van der Waals surface area contributed by atoms with Crippen LogP contribution in [0.1, 0.15) is 27.2 Å². The SMILES string of the molecule is Cc1cccc(C)c1NC(=O)CNC(=O)c1occc1CSc1ccccc1. The van der Waals surface area contributed by atoms with Crippen LogP contribution in [0.4, 0.5) is 5.69 Å². The number of amides is 2. The Morgan fingerprint density at radius 3 is 2.39 bits per heavy atom. The predicted molar refractivity (Wildman–Crippen MR) is 112 cm³/mol. The van der Waals surface area contributed by atoms with Gasteiger partial charge in [0.2, 0.25) is 5.91 Å². The topological polar surface area (TPSA) is 71.3 Å². The number of anilines is 1. The van der Waals surface area contributed by atoms with Crippen molar-refractivity contribution in [3.05, 3.63) is 83.3 Å². The zero-order valence-corrected chi connectivity index (χ0v) is 16.6. The first-order chi connectivity index (χ1) is 13.5. The Labute approximate surface area is 168 Å². The first-order valence-corrected chi connectivity index (χ1v) is 9.91. The van der Waals surface area contributed by atoms with E-state index in [4.69, 9.17) is 4.42 Å². The zero-order chi connectivity index (χ0) is 19.9. The lowest BCUT2D eigenvalue weighted by molar-refractivity contribution is -0.115. The number of carbonyl (C=O) groups excluding carboxylic acids is 2. The third-order valence-corrected chi connectivity index (χ3v) is 5.31. The summed E-state index contributed by atoms with van der Waals surface area (Å²) in [5, 5.41) is 5.48. The zero-order valence-electron chi connectivity index (χ0n) is 15.8. The second kappa shape index (κ2) is 9.28.